The van der Waals surface area contributed by atoms with E-state index in [1.54, 1.807) is 0 Å². The minimum Gasteiger partial charge on any atom is -0.251 e. The Hall–Kier alpha value is -2.56. The van der Waals surface area contributed by atoms with Crippen LogP contribution in [-0.2, 0) is 16.8 Å². The normalized spacial score (nSPS) is 12.6. The van der Waals surface area contributed by atoms with Gasteiger partial charge < -0.3 is 0 Å². The van der Waals surface area contributed by atoms with Crippen molar-refractivity contribution in [2.24, 2.45) is 9.98 Å². The van der Waals surface area contributed by atoms with Gasteiger partial charge in [-0.2, -0.15) is 0 Å². The van der Waals surface area contributed by atoms with Crippen molar-refractivity contribution in [3.05, 3.63) is 87.2 Å². The Kier molecular flexibility index (Phi) is 11.4. The Morgan fingerprint density at radius 3 is 1.10 bits per heavy atom. The first kappa shape index (κ1) is 32.6. The van der Waals surface area contributed by atoms with Crippen molar-refractivity contribution < 1.29 is 16.8 Å². The Balaban J connectivity index is 0.00000533. The van der Waals surface area contributed by atoms with E-state index >= 15 is 0 Å². The number of hydrogen-bond acceptors (Lipinski definition) is 3. The molecule has 4 heteroatoms. The molecule has 0 aliphatic rings. The number of aliphatic imine (C=N–C) groups is 2. The second kappa shape index (κ2) is 13.7. The summed E-state index contributed by atoms with van der Waals surface area (Å²) in [5.41, 5.74) is 13.6. The monoisotopic (exact) mass is 568 g/mol. The maximum absolute atomic E-state index is 5.20. The van der Waals surface area contributed by atoms with Gasteiger partial charge in [0.25, 0.3) is 0 Å². The molecule has 0 saturated carbocycles. The number of aromatic nitrogens is 1. The Morgan fingerprint density at radius 1 is 0.564 bits per heavy atom. The average molecular weight is 569 g/mol. The SMILES string of the molecule is CC(=Nc1c(C(C)C)cc(C)cc1C(C)C)c1cccc(C(C)=Nc2c(C(C)C)cc(C)cc2C(C)C)n1.[Co]. The molecular weight excluding hydrogens is 521 g/mol. The summed E-state index contributed by atoms with van der Waals surface area (Å²) >= 11 is 0. The summed E-state index contributed by atoms with van der Waals surface area (Å²) in [6.45, 7) is 26.4. The molecule has 1 radical (unpaired) electrons. The summed E-state index contributed by atoms with van der Waals surface area (Å²) in [5.74, 6) is 1.58. The van der Waals surface area contributed by atoms with E-state index in [0.29, 0.717) is 23.7 Å². The summed E-state index contributed by atoms with van der Waals surface area (Å²) in [5, 5.41) is 0. The standard InChI is InChI=1S/C35H47N3.Co/c1-20(2)28-16-24(9)17-29(21(3)4)34(28)36-26(11)32-14-13-15-33(38-32)27(12)37-35-30(22(5)6)18-25(10)19-31(35)23(7)8;/h13-23H,1-12H3;. The number of aryl methyl sites for hydroxylation is 2. The fraction of sp³-hybridized carbons (Fsp3) is 0.457. The third-order valence-electron chi connectivity index (χ3n) is 7.16. The molecule has 0 atom stereocenters. The van der Waals surface area contributed by atoms with Gasteiger partial charge in [-0.25, -0.2) is 4.98 Å². The van der Waals surface area contributed by atoms with Crippen LogP contribution in [0.15, 0.2) is 52.4 Å². The largest absolute Gasteiger partial charge is 0.251 e. The quantitative estimate of drug-likeness (QED) is 0.249. The van der Waals surface area contributed by atoms with Gasteiger partial charge in [-0.3, -0.25) is 9.98 Å². The molecule has 0 saturated heterocycles. The Labute approximate surface area is 247 Å². The topological polar surface area (TPSA) is 37.6 Å². The number of benzene rings is 2. The Bertz CT molecular complexity index is 1200. The van der Waals surface area contributed by atoms with E-state index in [2.05, 4.69) is 126 Å². The van der Waals surface area contributed by atoms with Gasteiger partial charge in [0.15, 0.2) is 0 Å². The van der Waals surface area contributed by atoms with Crippen molar-refractivity contribution in [3.63, 3.8) is 0 Å². The molecular formula is C35H47CoN3. The van der Waals surface area contributed by atoms with Crippen LogP contribution >= 0.6 is 0 Å². The number of pyridine rings is 1. The van der Waals surface area contributed by atoms with Crippen LogP contribution in [0.4, 0.5) is 11.4 Å². The van der Waals surface area contributed by atoms with Gasteiger partial charge >= 0.3 is 0 Å². The number of nitrogens with zero attached hydrogens (tertiary/aromatic N) is 3. The molecule has 0 aliphatic carbocycles. The van der Waals surface area contributed by atoms with Crippen LogP contribution < -0.4 is 0 Å². The fourth-order valence-corrected chi connectivity index (χ4v) is 4.98. The van der Waals surface area contributed by atoms with E-state index in [1.807, 2.05) is 0 Å². The van der Waals surface area contributed by atoms with Gasteiger partial charge in [-0.05, 0) is 85.8 Å². The molecule has 39 heavy (non-hydrogen) atoms. The Morgan fingerprint density at radius 2 is 0.846 bits per heavy atom. The van der Waals surface area contributed by atoms with E-state index in [9.17, 15) is 0 Å². The molecule has 211 valence electrons. The second-order valence-electron chi connectivity index (χ2n) is 12.0. The van der Waals surface area contributed by atoms with Gasteiger partial charge in [-0.1, -0.05) is 96.8 Å². The van der Waals surface area contributed by atoms with Crippen molar-refractivity contribution in [1.29, 1.82) is 0 Å². The molecule has 0 amide bonds. The van der Waals surface area contributed by atoms with E-state index in [-0.39, 0.29) is 16.8 Å². The first-order chi connectivity index (χ1) is 17.8. The average Bonchev–Trinajstić information content (AvgIpc) is 2.84. The summed E-state index contributed by atoms with van der Waals surface area (Å²) in [7, 11) is 0. The summed E-state index contributed by atoms with van der Waals surface area (Å²) < 4.78 is 0. The molecule has 1 aromatic heterocycles. The van der Waals surface area contributed by atoms with E-state index in [1.165, 1.54) is 33.4 Å². The molecule has 3 aromatic rings. The van der Waals surface area contributed by atoms with Gasteiger partial charge in [0, 0.05) is 16.8 Å². The zero-order valence-corrected chi connectivity index (χ0v) is 27.1. The van der Waals surface area contributed by atoms with Crippen molar-refractivity contribution in [3.8, 4) is 0 Å². The summed E-state index contributed by atoms with van der Waals surface area (Å²) in [6, 6.07) is 15.3. The minimum atomic E-state index is 0. The summed E-state index contributed by atoms with van der Waals surface area (Å²) in [4.78, 5) is 15.4. The van der Waals surface area contributed by atoms with Crippen LogP contribution in [0.25, 0.3) is 0 Å². The van der Waals surface area contributed by atoms with E-state index < -0.39 is 0 Å². The molecule has 0 unspecified atom stereocenters. The molecule has 0 N–H and O–H groups in total. The third-order valence-corrected chi connectivity index (χ3v) is 7.16. The maximum Gasteiger partial charge on any atom is 0.0849 e. The van der Waals surface area contributed by atoms with Crippen molar-refractivity contribution in [2.45, 2.75) is 107 Å². The smallest absolute Gasteiger partial charge is 0.0849 e. The third kappa shape index (κ3) is 7.76. The van der Waals surface area contributed by atoms with Gasteiger partial charge in [-0.15, -0.1) is 0 Å². The second-order valence-corrected chi connectivity index (χ2v) is 12.0. The van der Waals surface area contributed by atoms with E-state index in [4.69, 9.17) is 15.0 Å². The molecule has 1 heterocycles. The number of rotatable bonds is 8. The summed E-state index contributed by atoms with van der Waals surface area (Å²) in [6.07, 6.45) is 0. The fourth-order valence-electron chi connectivity index (χ4n) is 4.98. The minimum absolute atomic E-state index is 0. The molecule has 3 nitrogen and oxygen atoms in total. The van der Waals surface area contributed by atoms with Crippen LogP contribution in [0.3, 0.4) is 0 Å². The predicted octanol–water partition coefficient (Wildman–Crippen LogP) is 10.5. The van der Waals surface area contributed by atoms with Gasteiger partial charge in [0.1, 0.15) is 0 Å². The van der Waals surface area contributed by atoms with E-state index in [0.717, 1.165) is 34.2 Å². The molecule has 0 spiro atoms. The van der Waals surface area contributed by atoms with Gasteiger partial charge in [0.05, 0.1) is 34.2 Å². The predicted molar refractivity (Wildman–Crippen MR) is 167 cm³/mol. The van der Waals surface area contributed by atoms with Crippen LogP contribution in [0.2, 0.25) is 0 Å². The molecule has 0 bridgehead atoms. The zero-order valence-electron chi connectivity index (χ0n) is 26.0. The first-order valence-electron chi connectivity index (χ1n) is 14.2. The van der Waals surface area contributed by atoms with Crippen LogP contribution in [0.1, 0.15) is 138 Å². The first-order valence-corrected chi connectivity index (χ1v) is 14.2. The maximum atomic E-state index is 5.20. The van der Waals surface area contributed by atoms with Crippen molar-refractivity contribution in [1.82, 2.24) is 4.98 Å². The number of hydrogen-bond donors (Lipinski definition) is 0. The van der Waals surface area contributed by atoms with Crippen molar-refractivity contribution in [2.75, 3.05) is 0 Å². The molecule has 0 fully saturated rings. The van der Waals surface area contributed by atoms with Gasteiger partial charge in [0.2, 0.25) is 0 Å². The molecule has 0 aliphatic heterocycles. The van der Waals surface area contributed by atoms with Crippen LogP contribution in [0, 0.1) is 13.8 Å². The van der Waals surface area contributed by atoms with Crippen molar-refractivity contribution >= 4 is 22.8 Å². The molecule has 2 aromatic carbocycles. The molecule has 3 rings (SSSR count). The van der Waals surface area contributed by atoms with Crippen LogP contribution in [-0.4, -0.2) is 16.4 Å². The zero-order chi connectivity index (χ0) is 28.3. The van der Waals surface area contributed by atoms with Crippen LogP contribution in [0.5, 0.6) is 0 Å².